The van der Waals surface area contributed by atoms with Gasteiger partial charge in [0.05, 0.1) is 18.7 Å². The van der Waals surface area contributed by atoms with Crippen LogP contribution in [0.25, 0.3) is 0 Å². The number of hydrogen-bond acceptors (Lipinski definition) is 9. The van der Waals surface area contributed by atoms with Gasteiger partial charge in [-0.2, -0.15) is 0 Å². The van der Waals surface area contributed by atoms with Crippen LogP contribution in [-0.4, -0.2) is 92.2 Å². The second-order valence-electron chi connectivity index (χ2n) is 12.5. The fourth-order valence-corrected chi connectivity index (χ4v) is 4.85. The van der Waals surface area contributed by atoms with Gasteiger partial charge in [-0.3, -0.25) is 29.0 Å². The van der Waals surface area contributed by atoms with E-state index in [0.717, 1.165) is 0 Å². The molecule has 0 saturated carbocycles. The average Bonchev–Trinajstić information content (AvgIpc) is 3.71. The fraction of sp³-hybridized carbons (Fsp3) is 0.600. The minimum atomic E-state index is -1.16. The Morgan fingerprint density at radius 1 is 0.708 bits per heavy atom. The molecule has 0 fully saturated rings. The highest BCUT2D eigenvalue weighted by Gasteiger charge is 2.32. The molecular weight excluding hydrogens is 622 g/mol. The molecule has 0 saturated heterocycles. The molecule has 266 valence electrons. The van der Waals surface area contributed by atoms with E-state index in [4.69, 9.17) is 22.9 Å². The molecule has 0 unspecified atom stereocenters. The maximum atomic E-state index is 13.8. The standard InChI is InChI=1S/C30H51N13O5/c1-16(2)8-20(31)26(45)42-24(11-19-13-36-15-39-19)29(48)40-21(6-5-7-37-30(33)34)27(46)43-23(9-17(3)4)28(47)41-22(25(32)44)10-18-12-35-14-38-18/h12-17,20-24H,5-11,31H2,1-4H3,(H2,32,44)(H,35,38)(H,36,39)(H,40,48)(H,41,47)(H,42,45)(H,43,46)(H4,33,34,37)/t20-,21-,22-,23-,24-/m0/s1. The van der Waals surface area contributed by atoms with Crippen molar-refractivity contribution in [3.05, 3.63) is 36.4 Å². The van der Waals surface area contributed by atoms with Crippen molar-refractivity contribution in [2.75, 3.05) is 6.54 Å². The van der Waals surface area contributed by atoms with Gasteiger partial charge in [0, 0.05) is 43.2 Å². The summed E-state index contributed by atoms with van der Waals surface area (Å²) in [5, 5.41) is 10.8. The molecule has 0 radical (unpaired) electrons. The van der Waals surface area contributed by atoms with Crippen LogP contribution >= 0.6 is 0 Å². The van der Waals surface area contributed by atoms with Crippen molar-refractivity contribution in [1.82, 2.24) is 41.2 Å². The van der Waals surface area contributed by atoms with Crippen molar-refractivity contribution >= 4 is 35.5 Å². The Labute approximate surface area is 279 Å². The van der Waals surface area contributed by atoms with Crippen LogP contribution in [0.2, 0.25) is 0 Å². The zero-order valence-corrected chi connectivity index (χ0v) is 28.0. The highest BCUT2D eigenvalue weighted by Crippen LogP contribution is 2.10. The van der Waals surface area contributed by atoms with E-state index in [-0.39, 0.29) is 50.0 Å². The summed E-state index contributed by atoms with van der Waals surface area (Å²) in [5.74, 6) is -3.28. The number of rotatable bonds is 21. The van der Waals surface area contributed by atoms with E-state index in [1.807, 2.05) is 27.7 Å². The maximum absolute atomic E-state index is 13.8. The van der Waals surface area contributed by atoms with Crippen LogP contribution in [0.1, 0.15) is 64.8 Å². The molecule has 0 spiro atoms. The van der Waals surface area contributed by atoms with Gasteiger partial charge < -0.3 is 54.2 Å². The van der Waals surface area contributed by atoms with Crippen LogP contribution in [0.4, 0.5) is 0 Å². The second-order valence-corrected chi connectivity index (χ2v) is 12.5. The number of imidazole rings is 2. The molecule has 2 aromatic rings. The first-order valence-corrected chi connectivity index (χ1v) is 15.9. The molecule has 14 N–H and O–H groups in total. The minimum Gasteiger partial charge on any atom is -0.370 e. The van der Waals surface area contributed by atoms with E-state index in [1.165, 1.54) is 25.0 Å². The molecular formula is C30H51N13O5. The van der Waals surface area contributed by atoms with Crippen molar-refractivity contribution in [3.63, 3.8) is 0 Å². The van der Waals surface area contributed by atoms with Gasteiger partial charge in [0.15, 0.2) is 5.96 Å². The summed E-state index contributed by atoms with van der Waals surface area (Å²) >= 11 is 0. The summed E-state index contributed by atoms with van der Waals surface area (Å²) in [6.45, 7) is 7.75. The molecule has 0 aromatic carbocycles. The summed E-state index contributed by atoms with van der Waals surface area (Å²) in [6.07, 6.45) is 7.00. The molecule has 0 aliphatic rings. The topological polar surface area (TPSA) is 307 Å². The summed E-state index contributed by atoms with van der Waals surface area (Å²) < 4.78 is 0. The van der Waals surface area contributed by atoms with Gasteiger partial charge in [0.25, 0.3) is 0 Å². The van der Waals surface area contributed by atoms with Crippen LogP contribution in [0, 0.1) is 11.8 Å². The summed E-state index contributed by atoms with van der Waals surface area (Å²) in [4.78, 5) is 83.6. The number of H-pyrrole nitrogens is 2. The van der Waals surface area contributed by atoms with Crippen molar-refractivity contribution < 1.29 is 24.0 Å². The lowest BCUT2D eigenvalue weighted by molar-refractivity contribution is -0.134. The van der Waals surface area contributed by atoms with Crippen LogP contribution in [0.15, 0.2) is 30.0 Å². The number of nitrogens with zero attached hydrogens (tertiary/aromatic N) is 3. The fourth-order valence-electron chi connectivity index (χ4n) is 4.85. The second kappa shape index (κ2) is 19.6. The summed E-state index contributed by atoms with van der Waals surface area (Å²) in [6, 6.07) is -5.27. The van der Waals surface area contributed by atoms with E-state index < -0.39 is 59.7 Å². The number of aromatic nitrogens is 4. The summed E-state index contributed by atoms with van der Waals surface area (Å²) in [7, 11) is 0. The Balaban J connectivity index is 2.28. The molecule has 2 rings (SSSR count). The number of amides is 5. The van der Waals surface area contributed by atoms with Crippen LogP contribution in [0.3, 0.4) is 0 Å². The molecule has 2 heterocycles. The predicted molar refractivity (Wildman–Crippen MR) is 178 cm³/mol. The highest BCUT2D eigenvalue weighted by atomic mass is 16.2. The molecule has 0 bridgehead atoms. The van der Waals surface area contributed by atoms with Gasteiger partial charge in [-0.1, -0.05) is 27.7 Å². The minimum absolute atomic E-state index is 0.0392. The Morgan fingerprint density at radius 3 is 1.69 bits per heavy atom. The smallest absolute Gasteiger partial charge is 0.243 e. The van der Waals surface area contributed by atoms with Crippen molar-refractivity contribution in [2.24, 2.45) is 39.8 Å². The molecule has 5 atom stereocenters. The quantitative estimate of drug-likeness (QED) is 0.0388. The molecule has 18 heteroatoms. The Bertz CT molecular complexity index is 1340. The lowest BCUT2D eigenvalue weighted by atomic mass is 10.0. The highest BCUT2D eigenvalue weighted by molar-refractivity contribution is 5.95. The lowest BCUT2D eigenvalue weighted by Gasteiger charge is -2.27. The van der Waals surface area contributed by atoms with E-state index in [1.54, 1.807) is 0 Å². The van der Waals surface area contributed by atoms with Gasteiger partial charge in [0.2, 0.25) is 29.5 Å². The molecule has 5 amide bonds. The van der Waals surface area contributed by atoms with Crippen LogP contribution < -0.4 is 44.2 Å². The van der Waals surface area contributed by atoms with E-state index in [0.29, 0.717) is 24.2 Å². The van der Waals surface area contributed by atoms with Gasteiger partial charge in [-0.25, -0.2) is 9.97 Å². The van der Waals surface area contributed by atoms with Crippen molar-refractivity contribution in [3.8, 4) is 0 Å². The number of aliphatic imine (C=N–C) groups is 1. The SMILES string of the molecule is CC(C)C[C@H](NC(=O)[C@H](CCCN=C(N)N)NC(=O)[C@H](Cc1cnc[nH]1)NC(=O)[C@@H](N)CC(C)C)C(=O)N[C@@H](Cc1cnc[nH]1)C(N)=O. The molecule has 18 nitrogen and oxygen atoms in total. The predicted octanol–water partition coefficient (Wildman–Crippen LogP) is -2.18. The summed E-state index contributed by atoms with van der Waals surface area (Å²) in [5.41, 5.74) is 23.7. The zero-order chi connectivity index (χ0) is 35.8. The van der Waals surface area contributed by atoms with E-state index >= 15 is 0 Å². The first-order valence-electron chi connectivity index (χ1n) is 15.9. The van der Waals surface area contributed by atoms with Gasteiger partial charge in [-0.15, -0.1) is 0 Å². The number of guanidine groups is 1. The Kier molecular flexibility index (Phi) is 16.0. The largest absolute Gasteiger partial charge is 0.370 e. The number of carbonyl (C=O) groups is 5. The van der Waals surface area contributed by atoms with Gasteiger partial charge in [-0.05, 0) is 37.5 Å². The number of carbonyl (C=O) groups excluding carboxylic acids is 5. The molecule has 0 aliphatic heterocycles. The first kappa shape index (κ1) is 39.2. The van der Waals surface area contributed by atoms with Crippen molar-refractivity contribution in [2.45, 2.75) is 96.4 Å². The van der Waals surface area contributed by atoms with E-state index in [2.05, 4.69) is 46.2 Å². The number of nitrogens with two attached hydrogens (primary N) is 4. The number of aromatic amines is 2. The number of primary amides is 1. The first-order chi connectivity index (χ1) is 22.7. The van der Waals surface area contributed by atoms with Crippen molar-refractivity contribution in [1.29, 1.82) is 0 Å². The third-order valence-electron chi connectivity index (χ3n) is 7.23. The third kappa shape index (κ3) is 14.2. The zero-order valence-electron chi connectivity index (χ0n) is 28.0. The average molecular weight is 674 g/mol. The lowest BCUT2D eigenvalue weighted by Crippen LogP contribution is -2.59. The van der Waals surface area contributed by atoms with Gasteiger partial charge >= 0.3 is 0 Å². The molecule has 0 aliphatic carbocycles. The normalized spacial score (nSPS) is 14.3. The van der Waals surface area contributed by atoms with E-state index in [9.17, 15) is 24.0 Å². The maximum Gasteiger partial charge on any atom is 0.243 e. The Morgan fingerprint density at radius 2 is 1.19 bits per heavy atom. The van der Waals surface area contributed by atoms with Crippen LogP contribution in [0.5, 0.6) is 0 Å². The number of hydrogen-bond donors (Lipinski definition) is 10. The molecule has 2 aromatic heterocycles. The third-order valence-corrected chi connectivity index (χ3v) is 7.23. The number of nitrogens with one attached hydrogen (secondary N) is 6. The monoisotopic (exact) mass is 673 g/mol. The Hall–Kier alpha value is -5.00. The van der Waals surface area contributed by atoms with Crippen LogP contribution in [-0.2, 0) is 36.8 Å². The van der Waals surface area contributed by atoms with Gasteiger partial charge in [0.1, 0.15) is 24.2 Å². The molecule has 48 heavy (non-hydrogen) atoms.